The summed E-state index contributed by atoms with van der Waals surface area (Å²) in [6.07, 6.45) is 0.633. The highest BCUT2D eigenvalue weighted by Gasteiger charge is 2.16. The van der Waals surface area contributed by atoms with Crippen LogP contribution in [0.15, 0.2) is 42.5 Å². The van der Waals surface area contributed by atoms with Crippen molar-refractivity contribution in [3.05, 3.63) is 53.7 Å². The van der Waals surface area contributed by atoms with E-state index in [1.807, 2.05) is 32.0 Å². The molecule has 1 heterocycles. The minimum absolute atomic E-state index is 0.171. The van der Waals surface area contributed by atoms with Gasteiger partial charge in [0.25, 0.3) is 5.91 Å². The second-order valence-corrected chi connectivity index (χ2v) is 6.63. The number of rotatable bonds is 6. The monoisotopic (exact) mass is 381 g/mol. The molecule has 0 unspecified atom stereocenters. The summed E-state index contributed by atoms with van der Waals surface area (Å²) in [6, 6.07) is 10.8. The summed E-state index contributed by atoms with van der Waals surface area (Å²) in [5.41, 5.74) is 8.49. The summed E-state index contributed by atoms with van der Waals surface area (Å²) in [5, 5.41) is 22.7. The molecule has 1 aromatic heterocycles. The Morgan fingerprint density at radius 3 is 2.61 bits per heavy atom. The van der Waals surface area contributed by atoms with Crippen molar-refractivity contribution >= 4 is 22.5 Å². The number of pyridine rings is 1. The minimum Gasteiger partial charge on any atom is -0.508 e. The van der Waals surface area contributed by atoms with Gasteiger partial charge in [-0.1, -0.05) is 13.0 Å². The van der Waals surface area contributed by atoms with Gasteiger partial charge in [-0.2, -0.15) is 0 Å². The predicted octanol–water partition coefficient (Wildman–Crippen LogP) is 3.12. The van der Waals surface area contributed by atoms with Crippen LogP contribution >= 0.6 is 0 Å². The molecule has 7 heteroatoms. The summed E-state index contributed by atoms with van der Waals surface area (Å²) < 4.78 is 5.94. The molecule has 0 spiro atoms. The van der Waals surface area contributed by atoms with Gasteiger partial charge in [0.2, 0.25) is 0 Å². The van der Waals surface area contributed by atoms with Gasteiger partial charge in [0, 0.05) is 23.0 Å². The SMILES string of the molecule is CC[C@@H](COc1cccc2nc(C)cc(N)c12)NC(=O)c1cc(O)cc(O)c1. The third-order valence-electron chi connectivity index (χ3n) is 4.39. The van der Waals surface area contributed by atoms with E-state index in [9.17, 15) is 15.0 Å². The maximum absolute atomic E-state index is 12.4. The zero-order valence-corrected chi connectivity index (χ0v) is 15.8. The van der Waals surface area contributed by atoms with Crippen LogP contribution in [0.4, 0.5) is 5.69 Å². The number of nitrogens with two attached hydrogens (primary N) is 1. The summed E-state index contributed by atoms with van der Waals surface area (Å²) in [7, 11) is 0. The standard InChI is InChI=1S/C21H23N3O4/c1-3-14(24-21(27)13-8-15(25)10-16(26)9-13)11-28-19-6-4-5-18-20(19)17(22)7-12(2)23-18/h4-10,14,25-26H,3,11H2,1-2H3,(H2,22,23)(H,24,27)/t14-/m0/s1. The van der Waals surface area contributed by atoms with Crippen molar-refractivity contribution in [3.63, 3.8) is 0 Å². The van der Waals surface area contributed by atoms with Crippen LogP contribution in [0.5, 0.6) is 17.2 Å². The molecule has 146 valence electrons. The Balaban J connectivity index is 1.74. The number of aryl methyl sites for hydroxylation is 1. The van der Waals surface area contributed by atoms with Crippen molar-refractivity contribution in [1.29, 1.82) is 0 Å². The highest BCUT2D eigenvalue weighted by molar-refractivity contribution is 5.96. The molecule has 2 aromatic carbocycles. The number of nitrogen functional groups attached to an aromatic ring is 1. The molecular formula is C21H23N3O4. The third-order valence-corrected chi connectivity index (χ3v) is 4.39. The summed E-state index contributed by atoms with van der Waals surface area (Å²) in [4.78, 5) is 16.9. The van der Waals surface area contributed by atoms with Crippen LogP contribution in [-0.4, -0.2) is 33.8 Å². The number of amides is 1. The van der Waals surface area contributed by atoms with Gasteiger partial charge >= 0.3 is 0 Å². The largest absolute Gasteiger partial charge is 0.508 e. The number of carbonyl (C=O) groups excluding carboxylic acids is 1. The van der Waals surface area contributed by atoms with Crippen molar-refractivity contribution in [2.75, 3.05) is 12.3 Å². The number of nitrogens with zero attached hydrogens (tertiary/aromatic N) is 1. The highest BCUT2D eigenvalue weighted by Crippen LogP contribution is 2.30. The number of anilines is 1. The molecular weight excluding hydrogens is 358 g/mol. The number of phenols is 2. The molecule has 3 rings (SSSR count). The van der Waals surface area contributed by atoms with Gasteiger partial charge in [-0.15, -0.1) is 0 Å². The molecule has 0 aliphatic heterocycles. The molecule has 0 saturated heterocycles. The fourth-order valence-electron chi connectivity index (χ4n) is 2.99. The van der Waals surface area contributed by atoms with E-state index in [-0.39, 0.29) is 29.7 Å². The first kappa shape index (κ1) is 19.3. The highest BCUT2D eigenvalue weighted by atomic mass is 16.5. The number of ether oxygens (including phenoxy) is 1. The van der Waals surface area contributed by atoms with Crippen LogP contribution in [0.1, 0.15) is 29.4 Å². The van der Waals surface area contributed by atoms with Crippen LogP contribution in [0.3, 0.4) is 0 Å². The quantitative estimate of drug-likeness (QED) is 0.521. The Bertz CT molecular complexity index is 1000. The van der Waals surface area contributed by atoms with Gasteiger partial charge in [0.15, 0.2) is 0 Å². The average Bonchev–Trinajstić information content (AvgIpc) is 2.63. The molecule has 3 aromatic rings. The van der Waals surface area contributed by atoms with E-state index in [1.54, 1.807) is 6.07 Å². The Morgan fingerprint density at radius 1 is 1.21 bits per heavy atom. The first-order valence-electron chi connectivity index (χ1n) is 9.00. The molecule has 1 amide bonds. The second-order valence-electron chi connectivity index (χ2n) is 6.63. The van der Waals surface area contributed by atoms with Crippen molar-refractivity contribution in [1.82, 2.24) is 10.3 Å². The number of aromatic nitrogens is 1. The van der Waals surface area contributed by atoms with Crippen LogP contribution in [0.2, 0.25) is 0 Å². The van der Waals surface area contributed by atoms with Gasteiger partial charge in [-0.3, -0.25) is 9.78 Å². The molecule has 5 N–H and O–H groups in total. The number of nitrogens with one attached hydrogen (secondary N) is 1. The molecule has 7 nitrogen and oxygen atoms in total. The van der Waals surface area contributed by atoms with Crippen molar-refractivity contribution in [3.8, 4) is 17.2 Å². The zero-order valence-electron chi connectivity index (χ0n) is 15.8. The Morgan fingerprint density at radius 2 is 1.93 bits per heavy atom. The van der Waals surface area contributed by atoms with Crippen molar-refractivity contribution < 1.29 is 19.7 Å². The van der Waals surface area contributed by atoms with Gasteiger partial charge in [0.1, 0.15) is 23.9 Å². The van der Waals surface area contributed by atoms with Crippen LogP contribution < -0.4 is 15.8 Å². The first-order chi connectivity index (χ1) is 13.4. The molecule has 0 bridgehead atoms. The van der Waals surface area contributed by atoms with Crippen LogP contribution in [-0.2, 0) is 0 Å². The average molecular weight is 381 g/mol. The summed E-state index contributed by atoms with van der Waals surface area (Å²) >= 11 is 0. The van der Waals surface area contributed by atoms with E-state index >= 15 is 0 Å². The lowest BCUT2D eigenvalue weighted by atomic mass is 10.1. The molecule has 0 aliphatic rings. The van der Waals surface area contributed by atoms with E-state index < -0.39 is 5.91 Å². The number of hydrogen-bond acceptors (Lipinski definition) is 6. The Hall–Kier alpha value is -3.48. The molecule has 0 radical (unpaired) electrons. The lowest BCUT2D eigenvalue weighted by Gasteiger charge is -2.19. The normalized spacial score (nSPS) is 11.9. The van der Waals surface area contributed by atoms with Gasteiger partial charge in [-0.25, -0.2) is 0 Å². The number of fused-ring (bicyclic) bond motifs is 1. The maximum atomic E-state index is 12.4. The van der Waals surface area contributed by atoms with Gasteiger partial charge in [-0.05, 0) is 43.7 Å². The number of hydrogen-bond donors (Lipinski definition) is 4. The number of aromatic hydroxyl groups is 2. The number of phenolic OH excluding ortho intramolecular Hbond substituents is 2. The van der Waals surface area contributed by atoms with Gasteiger partial charge < -0.3 is 26.0 Å². The third kappa shape index (κ3) is 4.25. The lowest BCUT2D eigenvalue weighted by molar-refractivity contribution is 0.0919. The first-order valence-corrected chi connectivity index (χ1v) is 9.00. The number of benzene rings is 2. The maximum Gasteiger partial charge on any atom is 0.251 e. The smallest absolute Gasteiger partial charge is 0.251 e. The molecule has 0 saturated carbocycles. The summed E-state index contributed by atoms with van der Waals surface area (Å²) in [6.45, 7) is 4.04. The van der Waals surface area contributed by atoms with E-state index in [4.69, 9.17) is 10.5 Å². The van der Waals surface area contributed by atoms with Crippen molar-refractivity contribution in [2.24, 2.45) is 0 Å². The fraction of sp³-hybridized carbons (Fsp3) is 0.238. The van der Waals surface area contributed by atoms with Crippen LogP contribution in [0.25, 0.3) is 10.9 Å². The topological polar surface area (TPSA) is 118 Å². The Kier molecular flexibility index (Phi) is 5.54. The van der Waals surface area contributed by atoms with E-state index in [1.165, 1.54) is 12.1 Å². The fourth-order valence-corrected chi connectivity index (χ4v) is 2.99. The minimum atomic E-state index is -0.406. The molecule has 1 atom stereocenters. The number of carbonyl (C=O) groups is 1. The van der Waals surface area contributed by atoms with E-state index in [0.717, 1.165) is 22.7 Å². The van der Waals surface area contributed by atoms with Gasteiger partial charge in [0.05, 0.1) is 16.9 Å². The summed E-state index contributed by atoms with van der Waals surface area (Å²) in [5.74, 6) is -0.159. The predicted molar refractivity (Wildman–Crippen MR) is 108 cm³/mol. The molecule has 28 heavy (non-hydrogen) atoms. The second kappa shape index (κ2) is 8.04. The lowest BCUT2D eigenvalue weighted by Crippen LogP contribution is -2.38. The van der Waals surface area contributed by atoms with Crippen LogP contribution in [0, 0.1) is 6.92 Å². The van der Waals surface area contributed by atoms with E-state index in [0.29, 0.717) is 17.9 Å². The zero-order chi connectivity index (χ0) is 20.3. The Labute approximate surface area is 162 Å². The van der Waals surface area contributed by atoms with E-state index in [2.05, 4.69) is 10.3 Å². The molecule has 0 fully saturated rings. The van der Waals surface area contributed by atoms with Crippen molar-refractivity contribution in [2.45, 2.75) is 26.3 Å². The molecule has 0 aliphatic carbocycles.